The van der Waals surface area contributed by atoms with E-state index in [1.807, 2.05) is 0 Å². The average molecular weight is 345 g/mol. The molecule has 0 unspecified atom stereocenters. The van der Waals surface area contributed by atoms with E-state index >= 15 is 0 Å². The number of amides is 1. The molecule has 6 nitrogen and oxygen atoms in total. The van der Waals surface area contributed by atoms with Gasteiger partial charge in [0.1, 0.15) is 5.75 Å². The van der Waals surface area contributed by atoms with Crippen molar-refractivity contribution in [2.24, 2.45) is 5.41 Å². The van der Waals surface area contributed by atoms with Crippen LogP contribution in [0.4, 0.5) is 0 Å². The molecule has 2 saturated carbocycles. The Balaban J connectivity index is 1.47. The maximum Gasteiger partial charge on any atom is 0.317 e. The Morgan fingerprint density at radius 2 is 1.88 bits per heavy atom. The topological polar surface area (TPSA) is 73.9 Å². The number of rotatable bonds is 5. The molecule has 2 aliphatic carbocycles. The van der Waals surface area contributed by atoms with Crippen molar-refractivity contribution in [3.05, 3.63) is 18.2 Å². The molecule has 1 aromatic carbocycles. The van der Waals surface area contributed by atoms with E-state index in [-0.39, 0.29) is 25.1 Å². The Morgan fingerprint density at radius 1 is 1.12 bits per heavy atom. The van der Waals surface area contributed by atoms with Gasteiger partial charge in [-0.25, -0.2) is 0 Å². The van der Waals surface area contributed by atoms with Gasteiger partial charge < -0.3 is 19.5 Å². The summed E-state index contributed by atoms with van der Waals surface area (Å²) in [5.74, 6) is 1.32. The zero-order chi connectivity index (χ0) is 17.3. The lowest BCUT2D eigenvalue weighted by molar-refractivity contribution is -0.151. The van der Waals surface area contributed by atoms with Crippen LogP contribution < -0.4 is 19.5 Å². The van der Waals surface area contributed by atoms with Gasteiger partial charge in [-0.3, -0.25) is 9.59 Å². The number of benzene rings is 1. The summed E-state index contributed by atoms with van der Waals surface area (Å²) in [7, 11) is 0. The number of esters is 1. The highest BCUT2D eigenvalue weighted by Crippen LogP contribution is 2.42. The zero-order valence-electron chi connectivity index (χ0n) is 14.2. The van der Waals surface area contributed by atoms with Crippen molar-refractivity contribution in [3.8, 4) is 17.2 Å². The van der Waals surface area contributed by atoms with Crippen LogP contribution in [0.3, 0.4) is 0 Å². The van der Waals surface area contributed by atoms with E-state index in [9.17, 15) is 9.59 Å². The van der Waals surface area contributed by atoms with Crippen LogP contribution in [-0.2, 0) is 9.59 Å². The second-order valence-electron chi connectivity index (χ2n) is 7.26. The Kier molecular flexibility index (Phi) is 4.27. The van der Waals surface area contributed by atoms with Crippen molar-refractivity contribution in [2.75, 3.05) is 6.79 Å². The molecular formula is C19H23NO5. The summed E-state index contributed by atoms with van der Waals surface area (Å²) in [5.41, 5.74) is -0.715. The summed E-state index contributed by atoms with van der Waals surface area (Å²) >= 11 is 0. The SMILES string of the molecule is O=C(CC1(C(=O)Oc2ccc3c(c2)OCO3)CCCCC1)NC1CC1. The molecule has 0 atom stereocenters. The minimum absolute atomic E-state index is 0.0352. The fourth-order valence-electron chi connectivity index (χ4n) is 3.65. The molecule has 0 radical (unpaired) electrons. The molecule has 4 rings (SSSR count). The fraction of sp³-hybridized carbons (Fsp3) is 0.579. The molecule has 3 aliphatic rings. The Morgan fingerprint density at radius 3 is 2.64 bits per heavy atom. The molecule has 2 fully saturated rings. The Hall–Kier alpha value is -2.24. The van der Waals surface area contributed by atoms with Crippen LogP contribution in [0.5, 0.6) is 17.2 Å². The van der Waals surface area contributed by atoms with Gasteiger partial charge in [0.25, 0.3) is 0 Å². The predicted octanol–water partition coefficient (Wildman–Crippen LogP) is 2.94. The van der Waals surface area contributed by atoms with Gasteiger partial charge in [-0.15, -0.1) is 0 Å². The number of fused-ring (bicyclic) bond motifs is 1. The Bertz CT molecular complexity index is 676. The summed E-state index contributed by atoms with van der Waals surface area (Å²) in [6.07, 6.45) is 6.71. The van der Waals surface area contributed by atoms with Gasteiger partial charge in [-0.2, -0.15) is 0 Å². The van der Waals surface area contributed by atoms with Crippen molar-refractivity contribution < 1.29 is 23.8 Å². The number of carbonyl (C=O) groups is 2. The van der Waals surface area contributed by atoms with Gasteiger partial charge in [0.05, 0.1) is 5.41 Å². The van der Waals surface area contributed by atoms with Crippen molar-refractivity contribution >= 4 is 11.9 Å². The summed E-state index contributed by atoms with van der Waals surface area (Å²) in [6.45, 7) is 0.179. The zero-order valence-corrected chi connectivity index (χ0v) is 14.2. The molecule has 1 N–H and O–H groups in total. The monoisotopic (exact) mass is 345 g/mol. The first-order valence-corrected chi connectivity index (χ1v) is 9.06. The molecule has 1 heterocycles. The van der Waals surface area contributed by atoms with E-state index in [2.05, 4.69) is 5.32 Å². The van der Waals surface area contributed by atoms with E-state index in [4.69, 9.17) is 14.2 Å². The number of hydrogen-bond acceptors (Lipinski definition) is 5. The highest BCUT2D eigenvalue weighted by molar-refractivity contribution is 5.87. The molecule has 0 saturated heterocycles. The molecule has 134 valence electrons. The summed E-state index contributed by atoms with van der Waals surface area (Å²) in [6, 6.07) is 5.41. The highest BCUT2D eigenvalue weighted by Gasteiger charge is 2.43. The van der Waals surface area contributed by atoms with Crippen LogP contribution in [0.2, 0.25) is 0 Å². The van der Waals surface area contributed by atoms with Gasteiger partial charge in [-0.1, -0.05) is 19.3 Å². The predicted molar refractivity (Wildman–Crippen MR) is 89.5 cm³/mol. The lowest BCUT2D eigenvalue weighted by atomic mass is 9.71. The van der Waals surface area contributed by atoms with Crippen molar-refractivity contribution in [1.82, 2.24) is 5.32 Å². The first-order valence-electron chi connectivity index (χ1n) is 9.06. The molecule has 1 aromatic rings. The summed E-state index contributed by atoms with van der Waals surface area (Å²) in [4.78, 5) is 25.3. The lowest BCUT2D eigenvalue weighted by Crippen LogP contribution is -2.42. The molecular weight excluding hydrogens is 322 g/mol. The first-order chi connectivity index (χ1) is 12.1. The minimum atomic E-state index is -0.715. The highest BCUT2D eigenvalue weighted by atomic mass is 16.7. The van der Waals surface area contributed by atoms with Crippen LogP contribution in [0, 0.1) is 5.41 Å². The van der Waals surface area contributed by atoms with E-state index in [1.165, 1.54) is 0 Å². The van der Waals surface area contributed by atoms with Crippen LogP contribution in [0.15, 0.2) is 18.2 Å². The first kappa shape index (κ1) is 16.2. The number of carbonyl (C=O) groups excluding carboxylic acids is 2. The lowest BCUT2D eigenvalue weighted by Gasteiger charge is -2.34. The summed E-state index contributed by atoms with van der Waals surface area (Å²) < 4.78 is 16.3. The van der Waals surface area contributed by atoms with Crippen LogP contribution in [0.25, 0.3) is 0 Å². The standard InChI is InChI=1S/C19H23NO5/c21-17(20-13-4-5-13)11-19(8-2-1-3-9-19)18(22)25-14-6-7-15-16(10-14)24-12-23-15/h6-7,10,13H,1-5,8-9,11-12H2,(H,20,21). The van der Waals surface area contributed by atoms with Gasteiger partial charge in [0.15, 0.2) is 11.5 Å². The van der Waals surface area contributed by atoms with Crippen molar-refractivity contribution in [1.29, 1.82) is 0 Å². The third-order valence-corrected chi connectivity index (χ3v) is 5.24. The number of nitrogens with one attached hydrogen (secondary N) is 1. The fourth-order valence-corrected chi connectivity index (χ4v) is 3.65. The number of hydrogen-bond donors (Lipinski definition) is 1. The van der Waals surface area contributed by atoms with Crippen LogP contribution in [-0.4, -0.2) is 24.7 Å². The average Bonchev–Trinajstić information content (AvgIpc) is 3.29. The maximum atomic E-state index is 13.0. The largest absolute Gasteiger partial charge is 0.454 e. The van der Waals surface area contributed by atoms with E-state index in [0.717, 1.165) is 32.1 Å². The van der Waals surface area contributed by atoms with Crippen LogP contribution in [0.1, 0.15) is 51.4 Å². The van der Waals surface area contributed by atoms with Crippen molar-refractivity contribution in [2.45, 2.75) is 57.4 Å². The number of ether oxygens (including phenoxy) is 3. The van der Waals surface area contributed by atoms with E-state index < -0.39 is 5.41 Å². The van der Waals surface area contributed by atoms with Gasteiger partial charge in [0.2, 0.25) is 12.7 Å². The molecule has 25 heavy (non-hydrogen) atoms. The molecule has 1 aliphatic heterocycles. The summed E-state index contributed by atoms with van der Waals surface area (Å²) in [5, 5.41) is 3.00. The minimum Gasteiger partial charge on any atom is -0.454 e. The van der Waals surface area contributed by atoms with E-state index in [1.54, 1.807) is 18.2 Å². The second kappa shape index (κ2) is 6.58. The molecule has 0 aromatic heterocycles. The normalized spacial score (nSPS) is 20.8. The van der Waals surface area contributed by atoms with Gasteiger partial charge in [-0.05, 0) is 37.8 Å². The smallest absolute Gasteiger partial charge is 0.317 e. The van der Waals surface area contributed by atoms with E-state index in [0.29, 0.717) is 36.1 Å². The van der Waals surface area contributed by atoms with Crippen LogP contribution >= 0.6 is 0 Å². The quantitative estimate of drug-likeness (QED) is 0.656. The molecule has 1 amide bonds. The third-order valence-electron chi connectivity index (χ3n) is 5.24. The second-order valence-corrected chi connectivity index (χ2v) is 7.26. The maximum absolute atomic E-state index is 13.0. The Labute approximate surface area is 146 Å². The molecule has 0 bridgehead atoms. The molecule has 0 spiro atoms. The van der Waals surface area contributed by atoms with Crippen molar-refractivity contribution in [3.63, 3.8) is 0 Å². The molecule has 6 heteroatoms. The van der Waals surface area contributed by atoms with Gasteiger partial charge in [0, 0.05) is 18.5 Å². The third kappa shape index (κ3) is 3.57. The van der Waals surface area contributed by atoms with Gasteiger partial charge >= 0.3 is 5.97 Å².